The molecule has 0 radical (unpaired) electrons. The average Bonchev–Trinajstić information content (AvgIpc) is 3.07. The predicted octanol–water partition coefficient (Wildman–Crippen LogP) is 2.80. The first kappa shape index (κ1) is 19.3. The zero-order valence-corrected chi connectivity index (χ0v) is 17.3. The fraction of sp³-hybridized carbons (Fsp3) is 0.667. The van der Waals surface area contributed by atoms with Crippen molar-refractivity contribution in [2.24, 2.45) is 12.5 Å². The molecule has 2 aromatic rings. The van der Waals surface area contributed by atoms with E-state index in [1.807, 2.05) is 29.9 Å². The summed E-state index contributed by atoms with van der Waals surface area (Å²) in [7, 11) is 1.95. The van der Waals surface area contributed by atoms with E-state index in [2.05, 4.69) is 40.9 Å². The molecule has 0 saturated carbocycles. The van der Waals surface area contributed by atoms with Crippen molar-refractivity contribution in [2.75, 3.05) is 18.0 Å². The van der Waals surface area contributed by atoms with Crippen LogP contribution < -0.4 is 4.90 Å². The Hall–Kier alpha value is -1.99. The van der Waals surface area contributed by atoms with E-state index in [9.17, 15) is 5.11 Å². The molecule has 0 bridgehead atoms. The van der Waals surface area contributed by atoms with Gasteiger partial charge in [0.25, 0.3) is 0 Å². The molecule has 0 amide bonds. The minimum absolute atomic E-state index is 0.0395. The van der Waals surface area contributed by atoms with Crippen molar-refractivity contribution < 1.29 is 9.84 Å². The Kier molecular flexibility index (Phi) is 4.91. The van der Waals surface area contributed by atoms with Crippen molar-refractivity contribution in [1.82, 2.24) is 19.7 Å². The van der Waals surface area contributed by atoms with Crippen LogP contribution in [0.5, 0.6) is 0 Å². The van der Waals surface area contributed by atoms with Crippen LogP contribution in [0, 0.1) is 5.41 Å². The summed E-state index contributed by atoms with van der Waals surface area (Å²) in [6.45, 7) is 8.30. The molecule has 0 aliphatic carbocycles. The molecular weight excluding hydrogens is 354 g/mol. The van der Waals surface area contributed by atoms with E-state index in [0.29, 0.717) is 0 Å². The maximum atomic E-state index is 10.5. The van der Waals surface area contributed by atoms with Crippen molar-refractivity contribution in [3.8, 4) is 11.5 Å². The SMILES string of the molecule is Cn1ccnc1-c1ccc(N2CCC3(CC2)C[C@H](O)C[C@H](C(C)(C)C)O3)nn1. The lowest BCUT2D eigenvalue weighted by Gasteiger charge is -2.50. The van der Waals surface area contributed by atoms with Crippen LogP contribution in [0.3, 0.4) is 0 Å². The van der Waals surface area contributed by atoms with Crippen LogP contribution in [0.25, 0.3) is 11.5 Å². The predicted molar refractivity (Wildman–Crippen MR) is 108 cm³/mol. The first-order valence-electron chi connectivity index (χ1n) is 10.2. The Bertz CT molecular complexity index is 803. The second-order valence-electron chi connectivity index (χ2n) is 9.37. The van der Waals surface area contributed by atoms with Gasteiger partial charge in [-0.2, -0.15) is 0 Å². The molecule has 4 rings (SSSR count). The highest BCUT2D eigenvalue weighted by atomic mass is 16.5. The smallest absolute Gasteiger partial charge is 0.160 e. The van der Waals surface area contributed by atoms with E-state index >= 15 is 0 Å². The fourth-order valence-electron chi connectivity index (χ4n) is 4.38. The molecule has 1 spiro atoms. The topological polar surface area (TPSA) is 76.3 Å². The van der Waals surface area contributed by atoms with Gasteiger partial charge in [-0.3, -0.25) is 0 Å². The number of anilines is 1. The van der Waals surface area contributed by atoms with Crippen LogP contribution >= 0.6 is 0 Å². The normalized spacial score (nSPS) is 25.2. The summed E-state index contributed by atoms with van der Waals surface area (Å²) in [4.78, 5) is 6.59. The van der Waals surface area contributed by atoms with Crippen LogP contribution in [-0.4, -0.2) is 55.8 Å². The molecule has 0 aromatic carbocycles. The third-order valence-corrected chi connectivity index (χ3v) is 6.15. The molecule has 7 heteroatoms. The molecule has 28 heavy (non-hydrogen) atoms. The van der Waals surface area contributed by atoms with Gasteiger partial charge >= 0.3 is 0 Å². The Morgan fingerprint density at radius 2 is 1.93 bits per heavy atom. The van der Waals surface area contributed by atoms with Crippen LogP contribution in [0.4, 0.5) is 5.82 Å². The fourth-order valence-corrected chi connectivity index (χ4v) is 4.38. The number of ether oxygens (including phenoxy) is 1. The summed E-state index contributed by atoms with van der Waals surface area (Å²) in [6, 6.07) is 4.00. The van der Waals surface area contributed by atoms with E-state index in [4.69, 9.17) is 4.74 Å². The van der Waals surface area contributed by atoms with Crippen LogP contribution in [0.1, 0.15) is 46.5 Å². The Balaban J connectivity index is 1.43. The van der Waals surface area contributed by atoms with Gasteiger partial charge in [0.1, 0.15) is 5.69 Å². The number of piperidine rings is 1. The molecule has 4 heterocycles. The number of rotatable bonds is 2. The molecule has 2 atom stereocenters. The summed E-state index contributed by atoms with van der Waals surface area (Å²) in [6.07, 6.45) is 6.75. The highest BCUT2D eigenvalue weighted by Gasteiger charge is 2.46. The molecule has 2 saturated heterocycles. The standard InChI is InChI=1S/C21H31N5O2/c1-20(2,3)17-13-15(27)14-21(28-17)7-10-26(11-8-21)18-6-5-16(23-24-18)19-22-9-12-25(19)4/h5-6,9,12,15,17,27H,7-8,10-11,13-14H2,1-4H3/t15-,17-/m1/s1. The zero-order valence-electron chi connectivity index (χ0n) is 17.3. The highest BCUT2D eigenvalue weighted by molar-refractivity contribution is 5.52. The maximum absolute atomic E-state index is 10.5. The number of aliphatic hydroxyl groups excluding tert-OH is 1. The van der Waals surface area contributed by atoms with Gasteiger partial charge in [-0.15, -0.1) is 10.2 Å². The molecule has 0 unspecified atom stereocenters. The van der Waals surface area contributed by atoms with Gasteiger partial charge in [-0.25, -0.2) is 4.98 Å². The number of aliphatic hydroxyl groups is 1. The van der Waals surface area contributed by atoms with Gasteiger partial charge in [-0.1, -0.05) is 20.8 Å². The zero-order chi connectivity index (χ0) is 19.9. The minimum Gasteiger partial charge on any atom is -0.393 e. The molecule has 2 aliphatic rings. The van der Waals surface area contributed by atoms with Crippen LogP contribution in [-0.2, 0) is 11.8 Å². The molecule has 152 valence electrons. The van der Waals surface area contributed by atoms with E-state index < -0.39 is 0 Å². The number of nitrogens with zero attached hydrogens (tertiary/aromatic N) is 5. The molecule has 1 N–H and O–H groups in total. The maximum Gasteiger partial charge on any atom is 0.160 e. The molecular formula is C21H31N5O2. The molecule has 2 fully saturated rings. The number of hydrogen-bond acceptors (Lipinski definition) is 6. The van der Waals surface area contributed by atoms with Gasteiger partial charge in [0, 0.05) is 45.4 Å². The molecule has 2 aromatic heterocycles. The Labute approximate surface area is 166 Å². The van der Waals surface area contributed by atoms with Crippen molar-refractivity contribution in [2.45, 2.75) is 64.3 Å². The highest BCUT2D eigenvalue weighted by Crippen LogP contribution is 2.42. The van der Waals surface area contributed by atoms with Crippen molar-refractivity contribution in [1.29, 1.82) is 0 Å². The lowest BCUT2D eigenvalue weighted by molar-refractivity contribution is -0.199. The van der Waals surface area contributed by atoms with Gasteiger partial charge in [0.05, 0.1) is 17.8 Å². The summed E-state index contributed by atoms with van der Waals surface area (Å²) in [5.41, 5.74) is 0.598. The third-order valence-electron chi connectivity index (χ3n) is 6.15. The first-order valence-corrected chi connectivity index (χ1v) is 10.2. The number of aromatic nitrogens is 4. The monoisotopic (exact) mass is 385 g/mol. The second-order valence-corrected chi connectivity index (χ2v) is 9.37. The van der Waals surface area contributed by atoms with Crippen molar-refractivity contribution in [3.05, 3.63) is 24.5 Å². The van der Waals surface area contributed by atoms with Gasteiger partial charge in [-0.05, 0) is 30.4 Å². The van der Waals surface area contributed by atoms with Crippen molar-refractivity contribution in [3.63, 3.8) is 0 Å². The lowest BCUT2D eigenvalue weighted by atomic mass is 9.76. The number of imidazole rings is 1. The van der Waals surface area contributed by atoms with Crippen molar-refractivity contribution >= 4 is 5.82 Å². The van der Waals surface area contributed by atoms with Gasteiger partial charge in [0.2, 0.25) is 0 Å². The summed E-state index contributed by atoms with van der Waals surface area (Å²) in [5.74, 6) is 1.70. The minimum atomic E-state index is -0.276. The summed E-state index contributed by atoms with van der Waals surface area (Å²) >= 11 is 0. The van der Waals surface area contributed by atoms with Gasteiger partial charge < -0.3 is 19.3 Å². The molecule has 2 aliphatic heterocycles. The summed E-state index contributed by atoms with van der Waals surface area (Å²) in [5, 5.41) is 19.3. The molecule has 7 nitrogen and oxygen atoms in total. The lowest BCUT2D eigenvalue weighted by Crippen LogP contribution is -2.55. The summed E-state index contributed by atoms with van der Waals surface area (Å²) < 4.78 is 8.52. The Morgan fingerprint density at radius 1 is 1.18 bits per heavy atom. The second kappa shape index (κ2) is 7.12. The average molecular weight is 386 g/mol. The van der Waals surface area contributed by atoms with Gasteiger partial charge in [0.15, 0.2) is 11.6 Å². The van der Waals surface area contributed by atoms with E-state index in [1.165, 1.54) is 0 Å². The number of aryl methyl sites for hydroxylation is 1. The van der Waals surface area contributed by atoms with E-state index in [0.717, 1.165) is 56.1 Å². The van der Waals surface area contributed by atoms with Crippen LogP contribution in [0.2, 0.25) is 0 Å². The van der Waals surface area contributed by atoms with E-state index in [-0.39, 0.29) is 23.2 Å². The largest absolute Gasteiger partial charge is 0.393 e. The van der Waals surface area contributed by atoms with E-state index in [1.54, 1.807) is 6.20 Å². The first-order chi connectivity index (χ1) is 13.3. The van der Waals surface area contributed by atoms with Crippen LogP contribution in [0.15, 0.2) is 24.5 Å². The Morgan fingerprint density at radius 3 is 2.50 bits per heavy atom. The quantitative estimate of drug-likeness (QED) is 0.857. The third kappa shape index (κ3) is 3.78. The number of hydrogen-bond donors (Lipinski definition) is 1.